The van der Waals surface area contributed by atoms with E-state index in [9.17, 15) is 0 Å². The third-order valence-corrected chi connectivity index (χ3v) is 0.878. The summed E-state index contributed by atoms with van der Waals surface area (Å²) >= 11 is 0. The van der Waals surface area contributed by atoms with Crippen molar-refractivity contribution in [1.29, 1.82) is 0 Å². The highest BCUT2D eigenvalue weighted by Gasteiger charge is 1.84. The molecule has 3 nitrogen and oxygen atoms in total. The van der Waals surface area contributed by atoms with Crippen molar-refractivity contribution in [2.45, 2.75) is 6.42 Å². The lowest BCUT2D eigenvalue weighted by molar-refractivity contribution is 0.778. The molecular formula is C5H13N3. The number of nitrogens with two attached hydrogens (primary N) is 2. The molecule has 5 N–H and O–H groups in total. The SMILES string of the molecule is CNCC/C(N)=C\N. The van der Waals surface area contributed by atoms with E-state index >= 15 is 0 Å². The van der Waals surface area contributed by atoms with E-state index in [1.165, 1.54) is 6.20 Å². The predicted molar refractivity (Wildman–Crippen MR) is 35.0 cm³/mol. The normalized spacial score (nSPS) is 11.9. The van der Waals surface area contributed by atoms with Crippen LogP contribution in [0.15, 0.2) is 11.9 Å². The predicted octanol–water partition coefficient (Wildman–Crippen LogP) is -0.645. The first-order chi connectivity index (χ1) is 3.81. The summed E-state index contributed by atoms with van der Waals surface area (Å²) in [5.41, 5.74) is 11.2. The van der Waals surface area contributed by atoms with Crippen molar-refractivity contribution in [2.75, 3.05) is 13.6 Å². The van der Waals surface area contributed by atoms with Crippen molar-refractivity contribution in [1.82, 2.24) is 5.32 Å². The standard InChI is InChI=1S/C5H13N3/c1-8-3-2-5(7)4-6/h4,8H,2-3,6-7H2,1H3/b5-4+. The molecule has 0 amide bonds. The second kappa shape index (κ2) is 4.46. The average molecular weight is 115 g/mol. The smallest absolute Gasteiger partial charge is 0.0251 e. The van der Waals surface area contributed by atoms with Crippen LogP contribution in [0, 0.1) is 0 Å². The fraction of sp³-hybridized carbons (Fsp3) is 0.600. The summed E-state index contributed by atoms with van der Waals surface area (Å²) in [6.45, 7) is 0.888. The van der Waals surface area contributed by atoms with Crippen LogP contribution in [0.2, 0.25) is 0 Å². The summed E-state index contributed by atoms with van der Waals surface area (Å²) in [4.78, 5) is 0. The van der Waals surface area contributed by atoms with Gasteiger partial charge in [0.2, 0.25) is 0 Å². The molecule has 0 aliphatic rings. The Kier molecular flexibility index (Phi) is 4.07. The van der Waals surface area contributed by atoms with Gasteiger partial charge in [-0.05, 0) is 7.05 Å². The van der Waals surface area contributed by atoms with E-state index in [1.54, 1.807) is 0 Å². The van der Waals surface area contributed by atoms with Crippen molar-refractivity contribution in [3.63, 3.8) is 0 Å². The Morgan fingerprint density at radius 1 is 1.75 bits per heavy atom. The van der Waals surface area contributed by atoms with Gasteiger partial charge >= 0.3 is 0 Å². The molecule has 0 aliphatic carbocycles. The Hall–Kier alpha value is -0.700. The molecule has 0 atom stereocenters. The van der Waals surface area contributed by atoms with Crippen LogP contribution in [0.1, 0.15) is 6.42 Å². The lowest BCUT2D eigenvalue weighted by Gasteiger charge is -1.96. The van der Waals surface area contributed by atoms with Gasteiger partial charge in [-0.15, -0.1) is 0 Å². The van der Waals surface area contributed by atoms with Crippen molar-refractivity contribution in [3.8, 4) is 0 Å². The van der Waals surface area contributed by atoms with Gasteiger partial charge in [0, 0.05) is 24.9 Å². The Balaban J connectivity index is 3.12. The summed E-state index contributed by atoms with van der Waals surface area (Å²) in [6.07, 6.45) is 2.25. The Morgan fingerprint density at radius 2 is 2.38 bits per heavy atom. The Bertz CT molecular complexity index is 77.7. The van der Waals surface area contributed by atoms with Gasteiger partial charge in [-0.25, -0.2) is 0 Å². The van der Waals surface area contributed by atoms with Crippen molar-refractivity contribution >= 4 is 0 Å². The van der Waals surface area contributed by atoms with Crippen LogP contribution in [0.4, 0.5) is 0 Å². The van der Waals surface area contributed by atoms with Gasteiger partial charge in [-0.3, -0.25) is 0 Å². The zero-order valence-electron chi connectivity index (χ0n) is 5.15. The van der Waals surface area contributed by atoms with Crippen LogP contribution in [0.5, 0.6) is 0 Å². The molecule has 0 saturated carbocycles. The summed E-state index contributed by atoms with van der Waals surface area (Å²) in [5.74, 6) is 0. The number of hydrogen-bond acceptors (Lipinski definition) is 3. The molecule has 0 spiro atoms. The molecule has 48 valence electrons. The van der Waals surface area contributed by atoms with Crippen LogP contribution in [0.25, 0.3) is 0 Å². The molecule has 0 unspecified atom stereocenters. The second-order valence-corrected chi connectivity index (χ2v) is 1.60. The van der Waals surface area contributed by atoms with Gasteiger partial charge in [0.15, 0.2) is 0 Å². The Labute approximate surface area is 49.7 Å². The van der Waals surface area contributed by atoms with Gasteiger partial charge in [-0.2, -0.15) is 0 Å². The van der Waals surface area contributed by atoms with Crippen LogP contribution in [0.3, 0.4) is 0 Å². The topological polar surface area (TPSA) is 64.1 Å². The fourth-order valence-corrected chi connectivity index (χ4v) is 0.353. The minimum atomic E-state index is 0.736. The molecule has 0 rings (SSSR count). The second-order valence-electron chi connectivity index (χ2n) is 1.60. The maximum Gasteiger partial charge on any atom is 0.0251 e. The molecule has 0 aromatic carbocycles. The summed E-state index contributed by atoms with van der Waals surface area (Å²) in [7, 11) is 1.88. The van der Waals surface area contributed by atoms with E-state index in [0.29, 0.717) is 0 Å². The van der Waals surface area contributed by atoms with Crippen LogP contribution in [-0.2, 0) is 0 Å². The zero-order chi connectivity index (χ0) is 6.41. The molecule has 0 fully saturated rings. The van der Waals surface area contributed by atoms with E-state index in [1.807, 2.05) is 7.05 Å². The first-order valence-corrected chi connectivity index (χ1v) is 2.62. The third-order valence-electron chi connectivity index (χ3n) is 0.878. The molecule has 0 saturated heterocycles. The van der Waals surface area contributed by atoms with Gasteiger partial charge in [-0.1, -0.05) is 0 Å². The third kappa shape index (κ3) is 3.49. The molecule has 0 aromatic rings. The molecular weight excluding hydrogens is 102 g/mol. The number of rotatable bonds is 3. The minimum absolute atomic E-state index is 0.736. The number of nitrogens with one attached hydrogen (secondary N) is 1. The van der Waals surface area contributed by atoms with Crippen molar-refractivity contribution in [3.05, 3.63) is 11.9 Å². The highest BCUT2D eigenvalue weighted by atomic mass is 14.8. The summed E-state index contributed by atoms with van der Waals surface area (Å²) in [6, 6.07) is 0. The van der Waals surface area contributed by atoms with Gasteiger partial charge in [0.1, 0.15) is 0 Å². The quantitative estimate of drug-likeness (QED) is 0.458. The van der Waals surface area contributed by atoms with Crippen LogP contribution in [-0.4, -0.2) is 13.6 Å². The molecule has 0 aromatic heterocycles. The maximum atomic E-state index is 5.36. The average Bonchev–Trinajstić information content (AvgIpc) is 1.83. The molecule has 0 heterocycles. The van der Waals surface area contributed by atoms with Crippen molar-refractivity contribution < 1.29 is 0 Å². The largest absolute Gasteiger partial charge is 0.403 e. The first kappa shape index (κ1) is 7.30. The van der Waals surface area contributed by atoms with E-state index in [2.05, 4.69) is 5.32 Å². The van der Waals surface area contributed by atoms with Crippen molar-refractivity contribution in [2.24, 2.45) is 11.5 Å². The van der Waals surface area contributed by atoms with Crippen LogP contribution < -0.4 is 16.8 Å². The molecule has 0 bridgehead atoms. The lowest BCUT2D eigenvalue weighted by atomic mass is 10.3. The molecule has 0 radical (unpaired) electrons. The van der Waals surface area contributed by atoms with E-state index in [0.717, 1.165) is 18.7 Å². The lowest BCUT2D eigenvalue weighted by Crippen LogP contribution is -2.12. The van der Waals surface area contributed by atoms with E-state index in [-0.39, 0.29) is 0 Å². The molecule has 0 aliphatic heterocycles. The number of hydrogen-bond donors (Lipinski definition) is 3. The van der Waals surface area contributed by atoms with Crippen LogP contribution >= 0.6 is 0 Å². The van der Waals surface area contributed by atoms with Gasteiger partial charge in [0.25, 0.3) is 0 Å². The highest BCUT2D eigenvalue weighted by molar-refractivity contribution is 4.92. The monoisotopic (exact) mass is 115 g/mol. The van der Waals surface area contributed by atoms with E-state index in [4.69, 9.17) is 11.5 Å². The Morgan fingerprint density at radius 3 is 2.75 bits per heavy atom. The maximum absolute atomic E-state index is 5.36. The minimum Gasteiger partial charge on any atom is -0.403 e. The van der Waals surface area contributed by atoms with E-state index < -0.39 is 0 Å². The highest BCUT2D eigenvalue weighted by Crippen LogP contribution is 1.84. The summed E-state index contributed by atoms with van der Waals surface area (Å²) in [5, 5.41) is 2.96. The first-order valence-electron chi connectivity index (χ1n) is 2.62. The molecule has 8 heavy (non-hydrogen) atoms. The van der Waals surface area contributed by atoms with Gasteiger partial charge in [0.05, 0.1) is 0 Å². The molecule has 3 heteroatoms. The van der Waals surface area contributed by atoms with Gasteiger partial charge < -0.3 is 16.8 Å². The summed E-state index contributed by atoms with van der Waals surface area (Å²) < 4.78 is 0. The zero-order valence-corrected chi connectivity index (χ0v) is 5.15. The fourth-order valence-electron chi connectivity index (χ4n) is 0.353.